The number of hydrogen-bond acceptors (Lipinski definition) is 3. The smallest absolute Gasteiger partial charge is 0.251 e. The van der Waals surface area contributed by atoms with Crippen molar-refractivity contribution in [1.29, 1.82) is 5.26 Å². The first-order valence-corrected chi connectivity index (χ1v) is 7.21. The van der Waals surface area contributed by atoms with Crippen LogP contribution in [0.15, 0.2) is 30.3 Å². The van der Waals surface area contributed by atoms with Crippen LogP contribution in [-0.2, 0) is 6.54 Å². The fourth-order valence-corrected chi connectivity index (χ4v) is 2.48. The summed E-state index contributed by atoms with van der Waals surface area (Å²) in [5.41, 5.74) is 1.07. The molecular formula is C15H9Cl3N2O2. The predicted molar refractivity (Wildman–Crippen MR) is 85.5 cm³/mol. The molecule has 2 N–H and O–H groups in total. The number of carbonyl (C=O) groups excluding carboxylic acids is 1. The summed E-state index contributed by atoms with van der Waals surface area (Å²) in [6, 6.07) is 9.42. The molecule has 2 aromatic rings. The van der Waals surface area contributed by atoms with Gasteiger partial charge in [-0.1, -0.05) is 34.8 Å². The highest BCUT2D eigenvalue weighted by atomic mass is 35.5. The molecule has 22 heavy (non-hydrogen) atoms. The van der Waals surface area contributed by atoms with Crippen LogP contribution in [0, 0.1) is 11.3 Å². The van der Waals surface area contributed by atoms with Crippen molar-refractivity contribution in [3.8, 4) is 11.8 Å². The van der Waals surface area contributed by atoms with Crippen LogP contribution >= 0.6 is 34.8 Å². The first-order valence-electron chi connectivity index (χ1n) is 6.07. The summed E-state index contributed by atoms with van der Waals surface area (Å²) in [5, 5.41) is 21.6. The minimum atomic E-state index is -0.379. The molecule has 0 saturated carbocycles. The van der Waals surface area contributed by atoms with Crippen molar-refractivity contribution in [2.75, 3.05) is 0 Å². The van der Waals surface area contributed by atoms with E-state index in [4.69, 9.17) is 40.1 Å². The Hall–Kier alpha value is -1.93. The van der Waals surface area contributed by atoms with Crippen molar-refractivity contribution < 1.29 is 9.90 Å². The lowest BCUT2D eigenvalue weighted by molar-refractivity contribution is 0.0951. The minimum Gasteiger partial charge on any atom is -0.506 e. The number of hydrogen-bond donors (Lipinski definition) is 2. The number of nitriles is 1. The van der Waals surface area contributed by atoms with Crippen LogP contribution in [0.4, 0.5) is 0 Å². The summed E-state index contributed by atoms with van der Waals surface area (Å²) in [5.74, 6) is -0.604. The topological polar surface area (TPSA) is 73.1 Å². The third kappa shape index (κ3) is 3.45. The highest BCUT2D eigenvalue weighted by molar-refractivity contribution is 6.44. The second-order valence-electron chi connectivity index (χ2n) is 4.35. The highest BCUT2D eigenvalue weighted by Gasteiger charge is 2.16. The highest BCUT2D eigenvalue weighted by Crippen LogP contribution is 2.38. The Morgan fingerprint density at radius 2 is 1.82 bits per heavy atom. The van der Waals surface area contributed by atoms with Crippen LogP contribution < -0.4 is 5.32 Å². The maximum Gasteiger partial charge on any atom is 0.251 e. The Labute approximate surface area is 141 Å². The molecule has 0 heterocycles. The number of nitrogens with one attached hydrogen (secondary N) is 1. The number of rotatable bonds is 3. The monoisotopic (exact) mass is 354 g/mol. The zero-order chi connectivity index (χ0) is 16.3. The molecule has 4 nitrogen and oxygen atoms in total. The summed E-state index contributed by atoms with van der Waals surface area (Å²) in [6.45, 7) is -0.0379. The summed E-state index contributed by atoms with van der Waals surface area (Å²) in [4.78, 5) is 12.0. The van der Waals surface area contributed by atoms with Gasteiger partial charge >= 0.3 is 0 Å². The maximum atomic E-state index is 12.0. The lowest BCUT2D eigenvalue weighted by Gasteiger charge is -2.11. The molecule has 112 valence electrons. The Bertz CT molecular complexity index is 742. The van der Waals surface area contributed by atoms with Crippen LogP contribution in [0.2, 0.25) is 15.1 Å². The zero-order valence-corrected chi connectivity index (χ0v) is 13.3. The molecule has 0 radical (unpaired) electrons. The summed E-state index contributed by atoms with van der Waals surface area (Å²) in [6.07, 6.45) is 0. The Kier molecular flexibility index (Phi) is 5.15. The van der Waals surface area contributed by atoms with Crippen LogP contribution in [0.1, 0.15) is 21.5 Å². The lowest BCUT2D eigenvalue weighted by Crippen LogP contribution is -2.23. The van der Waals surface area contributed by atoms with E-state index < -0.39 is 0 Å². The van der Waals surface area contributed by atoms with E-state index in [1.807, 2.05) is 6.07 Å². The molecule has 0 unspecified atom stereocenters. The van der Waals surface area contributed by atoms with E-state index in [0.717, 1.165) is 0 Å². The molecule has 0 aromatic heterocycles. The number of nitrogens with zero attached hydrogens (tertiary/aromatic N) is 1. The van der Waals surface area contributed by atoms with Crippen molar-refractivity contribution in [3.63, 3.8) is 0 Å². The van der Waals surface area contributed by atoms with Gasteiger partial charge in [0.2, 0.25) is 0 Å². The summed E-state index contributed by atoms with van der Waals surface area (Å²) < 4.78 is 0. The SMILES string of the molecule is N#Cc1ccc(C(=O)NCc2c(O)c(Cl)cc(Cl)c2Cl)cc1. The van der Waals surface area contributed by atoms with Gasteiger partial charge in [-0.2, -0.15) is 5.26 Å². The van der Waals surface area contributed by atoms with Gasteiger partial charge in [-0.25, -0.2) is 0 Å². The third-order valence-electron chi connectivity index (χ3n) is 2.94. The average molecular weight is 356 g/mol. The van der Waals surface area contributed by atoms with E-state index in [-0.39, 0.29) is 38.8 Å². The molecular weight excluding hydrogens is 347 g/mol. The molecule has 0 spiro atoms. The molecule has 0 saturated heterocycles. The van der Waals surface area contributed by atoms with Gasteiger partial charge in [0, 0.05) is 17.7 Å². The first-order chi connectivity index (χ1) is 10.4. The number of benzene rings is 2. The number of aromatic hydroxyl groups is 1. The molecule has 0 aliphatic carbocycles. The van der Waals surface area contributed by atoms with Gasteiger partial charge in [-0.05, 0) is 30.3 Å². The average Bonchev–Trinajstić information content (AvgIpc) is 2.53. The van der Waals surface area contributed by atoms with E-state index >= 15 is 0 Å². The molecule has 0 aliphatic heterocycles. The lowest BCUT2D eigenvalue weighted by atomic mass is 10.1. The van der Waals surface area contributed by atoms with E-state index in [1.165, 1.54) is 30.3 Å². The number of phenolic OH excluding ortho intramolecular Hbond substituents is 1. The minimum absolute atomic E-state index is 0.0379. The largest absolute Gasteiger partial charge is 0.506 e. The van der Waals surface area contributed by atoms with Crippen molar-refractivity contribution in [2.45, 2.75) is 6.54 Å². The van der Waals surface area contributed by atoms with Gasteiger partial charge in [0.15, 0.2) is 0 Å². The van der Waals surface area contributed by atoms with E-state index in [9.17, 15) is 9.90 Å². The zero-order valence-electron chi connectivity index (χ0n) is 11.0. The molecule has 7 heteroatoms. The van der Waals surface area contributed by atoms with Crippen molar-refractivity contribution in [2.24, 2.45) is 0 Å². The predicted octanol–water partition coefficient (Wildman–Crippen LogP) is 4.15. The summed E-state index contributed by atoms with van der Waals surface area (Å²) in [7, 11) is 0. The van der Waals surface area contributed by atoms with Gasteiger partial charge in [0.1, 0.15) is 5.75 Å². The van der Waals surface area contributed by atoms with Gasteiger partial charge in [-0.3, -0.25) is 4.79 Å². The van der Waals surface area contributed by atoms with Gasteiger partial charge in [0.05, 0.1) is 26.7 Å². The molecule has 2 aromatic carbocycles. The molecule has 0 bridgehead atoms. The molecule has 0 aliphatic rings. The normalized spacial score (nSPS) is 10.1. The molecule has 2 rings (SSSR count). The van der Waals surface area contributed by atoms with Crippen LogP contribution in [-0.4, -0.2) is 11.0 Å². The van der Waals surface area contributed by atoms with Crippen molar-refractivity contribution >= 4 is 40.7 Å². The standard InChI is InChI=1S/C15H9Cl3N2O2/c16-11-5-12(17)14(21)10(13(11)18)7-20-15(22)9-3-1-8(6-19)2-4-9/h1-5,21H,7H2,(H,20,22). The van der Waals surface area contributed by atoms with Crippen molar-refractivity contribution in [1.82, 2.24) is 5.32 Å². The van der Waals surface area contributed by atoms with Gasteiger partial charge < -0.3 is 10.4 Å². The maximum absolute atomic E-state index is 12.0. The van der Waals surface area contributed by atoms with Gasteiger partial charge in [-0.15, -0.1) is 0 Å². The molecule has 1 amide bonds. The second-order valence-corrected chi connectivity index (χ2v) is 5.55. The fourth-order valence-electron chi connectivity index (χ4n) is 1.76. The number of carbonyl (C=O) groups is 1. The molecule has 0 atom stereocenters. The first kappa shape index (κ1) is 16.4. The van der Waals surface area contributed by atoms with Gasteiger partial charge in [0.25, 0.3) is 5.91 Å². The van der Waals surface area contributed by atoms with E-state index in [2.05, 4.69) is 5.32 Å². The van der Waals surface area contributed by atoms with E-state index in [0.29, 0.717) is 11.1 Å². The fraction of sp³-hybridized carbons (Fsp3) is 0.0667. The van der Waals surface area contributed by atoms with Crippen LogP contribution in [0.25, 0.3) is 0 Å². The number of amides is 1. The van der Waals surface area contributed by atoms with Crippen molar-refractivity contribution in [3.05, 3.63) is 62.1 Å². The third-order valence-corrected chi connectivity index (χ3v) is 4.06. The van der Waals surface area contributed by atoms with E-state index in [1.54, 1.807) is 0 Å². The Morgan fingerprint density at radius 1 is 1.18 bits per heavy atom. The second kappa shape index (κ2) is 6.89. The number of halogens is 3. The number of phenols is 1. The Balaban J connectivity index is 2.16. The van der Waals surface area contributed by atoms with Crippen LogP contribution in [0.5, 0.6) is 5.75 Å². The molecule has 0 fully saturated rings. The quantitative estimate of drug-likeness (QED) is 0.812. The van der Waals surface area contributed by atoms with Crippen LogP contribution in [0.3, 0.4) is 0 Å². The Morgan fingerprint density at radius 3 is 2.41 bits per heavy atom. The summed E-state index contributed by atoms with van der Waals surface area (Å²) >= 11 is 17.7.